The molecule has 0 unspecified atom stereocenters. The molecular formula is C24H26N4O4. The van der Waals surface area contributed by atoms with Crippen LogP contribution in [0.15, 0.2) is 53.5 Å². The molecule has 1 fully saturated rings. The maximum atomic E-state index is 12.8. The number of morpholine rings is 1. The number of hydrogen-bond acceptors (Lipinski definition) is 6. The second kappa shape index (κ2) is 9.23. The molecule has 1 saturated heterocycles. The third kappa shape index (κ3) is 4.50. The largest absolute Gasteiger partial charge is 0.453 e. The molecule has 8 nitrogen and oxygen atoms in total. The van der Waals surface area contributed by atoms with E-state index in [2.05, 4.69) is 10.4 Å². The van der Waals surface area contributed by atoms with Gasteiger partial charge in [0.15, 0.2) is 11.4 Å². The minimum absolute atomic E-state index is 0.0291. The Bertz CT molecular complexity index is 1180. The summed E-state index contributed by atoms with van der Waals surface area (Å²) in [5.74, 6) is 0.962. The number of nitrogens with one attached hydrogen (secondary N) is 1. The second-order valence-corrected chi connectivity index (χ2v) is 7.72. The third-order valence-corrected chi connectivity index (χ3v) is 5.58. The molecule has 2 heterocycles. The van der Waals surface area contributed by atoms with Crippen molar-refractivity contribution in [2.75, 3.05) is 31.6 Å². The zero-order valence-electron chi connectivity index (χ0n) is 18.4. The zero-order chi connectivity index (χ0) is 22.7. The van der Waals surface area contributed by atoms with Crippen molar-refractivity contribution in [2.45, 2.75) is 13.8 Å². The predicted octanol–water partition coefficient (Wildman–Crippen LogP) is 3.41. The quantitative estimate of drug-likeness (QED) is 0.662. The van der Waals surface area contributed by atoms with E-state index >= 15 is 0 Å². The number of aromatic nitrogens is 2. The fourth-order valence-corrected chi connectivity index (χ4v) is 3.46. The van der Waals surface area contributed by atoms with Gasteiger partial charge in [0, 0.05) is 31.4 Å². The lowest BCUT2D eigenvalue weighted by Gasteiger charge is -2.26. The zero-order valence-corrected chi connectivity index (χ0v) is 18.4. The van der Waals surface area contributed by atoms with Gasteiger partial charge in [-0.1, -0.05) is 12.1 Å². The molecule has 1 aliphatic rings. The van der Waals surface area contributed by atoms with Crippen molar-refractivity contribution in [3.05, 3.63) is 75.7 Å². The highest BCUT2D eigenvalue weighted by Crippen LogP contribution is 2.31. The highest BCUT2D eigenvalue weighted by Gasteiger charge is 2.19. The first kappa shape index (κ1) is 21.6. The van der Waals surface area contributed by atoms with Gasteiger partial charge in [0.05, 0.1) is 19.4 Å². The van der Waals surface area contributed by atoms with Crippen molar-refractivity contribution in [3.63, 3.8) is 0 Å². The molecule has 3 aromatic rings. The fourth-order valence-electron chi connectivity index (χ4n) is 3.46. The number of aryl methyl sites for hydroxylation is 2. The van der Waals surface area contributed by atoms with Crippen LogP contribution in [0.5, 0.6) is 11.5 Å². The summed E-state index contributed by atoms with van der Waals surface area (Å²) in [6.07, 6.45) is 1.52. The van der Waals surface area contributed by atoms with Gasteiger partial charge in [-0.15, -0.1) is 0 Å². The van der Waals surface area contributed by atoms with E-state index in [-0.39, 0.29) is 17.2 Å². The van der Waals surface area contributed by atoms with Gasteiger partial charge in [-0.3, -0.25) is 9.59 Å². The Hall–Kier alpha value is -3.65. The number of anilines is 2. The fraction of sp³-hybridized carbons (Fsp3) is 0.292. The first-order valence-electron chi connectivity index (χ1n) is 10.5. The highest BCUT2D eigenvalue weighted by molar-refractivity contribution is 5.94. The molecule has 8 heteroatoms. The van der Waals surface area contributed by atoms with E-state index in [1.54, 1.807) is 36.2 Å². The molecule has 0 aliphatic carbocycles. The Morgan fingerprint density at radius 2 is 1.78 bits per heavy atom. The van der Waals surface area contributed by atoms with E-state index < -0.39 is 0 Å². The maximum absolute atomic E-state index is 12.8. The van der Waals surface area contributed by atoms with Crippen LogP contribution in [0, 0.1) is 13.8 Å². The number of carbonyl (C=O) groups is 1. The number of ether oxygens (including phenoxy) is 2. The van der Waals surface area contributed by atoms with Gasteiger partial charge in [0.1, 0.15) is 5.75 Å². The third-order valence-electron chi connectivity index (χ3n) is 5.58. The highest BCUT2D eigenvalue weighted by atomic mass is 16.5. The van der Waals surface area contributed by atoms with E-state index in [1.165, 1.54) is 10.9 Å². The summed E-state index contributed by atoms with van der Waals surface area (Å²) >= 11 is 0. The molecule has 1 amide bonds. The molecule has 0 atom stereocenters. The Balaban J connectivity index is 1.58. The topological polar surface area (TPSA) is 85.7 Å². The Kier molecular flexibility index (Phi) is 6.23. The predicted molar refractivity (Wildman–Crippen MR) is 122 cm³/mol. The first-order chi connectivity index (χ1) is 15.4. The van der Waals surface area contributed by atoms with E-state index in [0.29, 0.717) is 49.1 Å². The van der Waals surface area contributed by atoms with Crippen LogP contribution >= 0.6 is 0 Å². The van der Waals surface area contributed by atoms with Gasteiger partial charge in [-0.25, -0.2) is 4.68 Å². The van der Waals surface area contributed by atoms with Crippen molar-refractivity contribution in [3.8, 4) is 11.5 Å². The van der Waals surface area contributed by atoms with Crippen LogP contribution in [-0.4, -0.2) is 46.9 Å². The van der Waals surface area contributed by atoms with Crippen molar-refractivity contribution in [2.24, 2.45) is 7.05 Å². The van der Waals surface area contributed by atoms with Gasteiger partial charge in [0.2, 0.25) is 0 Å². The summed E-state index contributed by atoms with van der Waals surface area (Å²) in [4.78, 5) is 27.2. The summed E-state index contributed by atoms with van der Waals surface area (Å²) in [6.45, 7) is 6.26. The van der Waals surface area contributed by atoms with Gasteiger partial charge in [-0.05, 0) is 55.3 Å². The number of nitrogens with zero attached hydrogens (tertiary/aromatic N) is 3. The molecule has 1 N–H and O–H groups in total. The number of hydrogen-bond donors (Lipinski definition) is 1. The van der Waals surface area contributed by atoms with Crippen molar-refractivity contribution < 1.29 is 14.3 Å². The molecule has 0 saturated carbocycles. The molecule has 0 radical (unpaired) electrons. The van der Waals surface area contributed by atoms with E-state index in [4.69, 9.17) is 9.47 Å². The van der Waals surface area contributed by atoms with Gasteiger partial charge in [0.25, 0.3) is 11.5 Å². The van der Waals surface area contributed by atoms with Crippen LogP contribution in [0.3, 0.4) is 0 Å². The molecule has 32 heavy (non-hydrogen) atoms. The average molecular weight is 434 g/mol. The minimum atomic E-state index is -0.318. The van der Waals surface area contributed by atoms with Crippen molar-refractivity contribution >= 4 is 17.3 Å². The van der Waals surface area contributed by atoms with Crippen LogP contribution in [0.25, 0.3) is 0 Å². The lowest BCUT2D eigenvalue weighted by Crippen LogP contribution is -2.40. The molecule has 0 spiro atoms. The standard InChI is InChI=1S/C24H26N4O4/c1-16-5-4-6-20(17(16)2)32-21-15-25-27(3)24(30)22(21)26-19-9-7-18(8-10-19)23(29)28-11-13-31-14-12-28/h4-10,15,26H,11-14H2,1-3H3. The summed E-state index contributed by atoms with van der Waals surface area (Å²) < 4.78 is 12.6. The number of rotatable bonds is 5. The normalized spacial score (nSPS) is 13.7. The Morgan fingerprint density at radius 1 is 1.06 bits per heavy atom. The smallest absolute Gasteiger partial charge is 0.294 e. The number of amides is 1. The summed E-state index contributed by atoms with van der Waals surface area (Å²) in [6, 6.07) is 12.8. The van der Waals surface area contributed by atoms with Crippen LogP contribution in [0.1, 0.15) is 21.5 Å². The summed E-state index contributed by atoms with van der Waals surface area (Å²) in [5.41, 5.74) is 3.29. The van der Waals surface area contributed by atoms with Crippen molar-refractivity contribution in [1.82, 2.24) is 14.7 Å². The molecule has 1 aromatic heterocycles. The van der Waals surface area contributed by atoms with Crippen LogP contribution in [0.4, 0.5) is 11.4 Å². The summed E-state index contributed by atoms with van der Waals surface area (Å²) in [7, 11) is 1.58. The Labute approximate surface area is 186 Å². The van der Waals surface area contributed by atoms with E-state index in [1.807, 2.05) is 32.0 Å². The molecule has 4 rings (SSSR count). The lowest BCUT2D eigenvalue weighted by molar-refractivity contribution is 0.0303. The van der Waals surface area contributed by atoms with Crippen LogP contribution in [-0.2, 0) is 11.8 Å². The van der Waals surface area contributed by atoms with Gasteiger partial charge >= 0.3 is 0 Å². The summed E-state index contributed by atoms with van der Waals surface area (Å²) in [5, 5.41) is 7.24. The number of benzene rings is 2. The van der Waals surface area contributed by atoms with Gasteiger partial charge < -0.3 is 19.7 Å². The van der Waals surface area contributed by atoms with E-state index in [0.717, 1.165) is 11.1 Å². The Morgan fingerprint density at radius 3 is 2.50 bits per heavy atom. The second-order valence-electron chi connectivity index (χ2n) is 7.72. The van der Waals surface area contributed by atoms with Crippen LogP contribution < -0.4 is 15.6 Å². The van der Waals surface area contributed by atoms with E-state index in [9.17, 15) is 9.59 Å². The SMILES string of the molecule is Cc1cccc(Oc2cnn(C)c(=O)c2Nc2ccc(C(=O)N3CCOCC3)cc2)c1C. The first-order valence-corrected chi connectivity index (χ1v) is 10.5. The lowest BCUT2D eigenvalue weighted by atomic mass is 10.1. The molecule has 166 valence electrons. The van der Waals surface area contributed by atoms with Crippen molar-refractivity contribution in [1.29, 1.82) is 0 Å². The maximum Gasteiger partial charge on any atom is 0.294 e. The molecule has 2 aromatic carbocycles. The average Bonchev–Trinajstić information content (AvgIpc) is 2.82. The molecule has 1 aliphatic heterocycles. The van der Waals surface area contributed by atoms with Gasteiger partial charge in [-0.2, -0.15) is 5.10 Å². The van der Waals surface area contributed by atoms with Crippen LogP contribution in [0.2, 0.25) is 0 Å². The molecular weight excluding hydrogens is 408 g/mol. The molecule has 0 bridgehead atoms. The monoisotopic (exact) mass is 434 g/mol. The number of carbonyl (C=O) groups excluding carboxylic acids is 1. The minimum Gasteiger partial charge on any atom is -0.453 e.